The molecular weight excluding hydrogens is 853 g/mol. The number of carbonyl (C=O) groups excluding carboxylic acids is 3. The monoisotopic (exact) mass is 916 g/mol. The number of imidazole rings is 1. The van der Waals surface area contributed by atoms with Gasteiger partial charge in [0.1, 0.15) is 17.7 Å². The summed E-state index contributed by atoms with van der Waals surface area (Å²) in [6.45, 7) is 10.3. The van der Waals surface area contributed by atoms with Gasteiger partial charge in [0.25, 0.3) is 5.56 Å². The van der Waals surface area contributed by atoms with Gasteiger partial charge in [0.2, 0.25) is 5.91 Å². The van der Waals surface area contributed by atoms with Gasteiger partial charge in [0, 0.05) is 41.3 Å². The molecule has 0 radical (unpaired) electrons. The number of hydrogen-bond donors (Lipinski definition) is 4. The Hall–Kier alpha value is -5.54. The van der Waals surface area contributed by atoms with Crippen LogP contribution in [0.4, 0.5) is 9.59 Å². The lowest BCUT2D eigenvalue weighted by Gasteiger charge is -2.30. The Bertz CT molecular complexity index is 2650. The predicted octanol–water partition coefficient (Wildman–Crippen LogP) is 8.80. The number of amides is 3. The van der Waals surface area contributed by atoms with E-state index in [0.717, 1.165) is 74.3 Å². The number of rotatable bonds is 13. The van der Waals surface area contributed by atoms with Gasteiger partial charge < -0.3 is 35.0 Å². The van der Waals surface area contributed by atoms with Crippen LogP contribution in [-0.4, -0.2) is 99.8 Å². The fourth-order valence-electron chi connectivity index (χ4n) is 11.2. The van der Waals surface area contributed by atoms with Gasteiger partial charge in [0.15, 0.2) is 0 Å². The van der Waals surface area contributed by atoms with Crippen LogP contribution in [0.3, 0.4) is 0 Å². The topological polar surface area (TPSA) is 175 Å². The number of fused-ring (bicyclic) bond motifs is 2. The molecule has 14 nitrogen and oxygen atoms in total. The van der Waals surface area contributed by atoms with Crippen molar-refractivity contribution in [3.63, 3.8) is 0 Å². The molecule has 2 aromatic carbocycles. The number of methoxy groups -OCH3 is 2. The number of aromatic nitrogens is 4. The number of hydrogen-bond acceptors (Lipinski definition) is 10. The number of nitrogens with one attached hydrogen (secondary N) is 4. The number of likely N-dealkylation sites (tertiary alicyclic amines) is 2. The second-order valence-electron chi connectivity index (χ2n) is 19.8. The van der Waals surface area contributed by atoms with Crippen LogP contribution < -0.4 is 16.2 Å². The number of thiophene rings is 1. The zero-order valence-corrected chi connectivity index (χ0v) is 39.9. The lowest BCUT2D eigenvalue weighted by Crippen LogP contribution is -2.52. The standard InChI is InChI=1S/C51H64N8O6S/c1-29(2)40(55-49(62)64-5)28-58-21-10-12-41(58)46-52-27-39(54-46)31-13-15-32(16-14-31)44-36-25-51(19-7-8-20-51)26-37(36)45(66-44)33-17-18-38-35(23-33)47(60)56-42(53-38)24-34-11-9-22-59(34)48(61)43(30(3)4)57-50(63)65-6/h13-18,23,27,29-30,34,40-41,43H,7-12,19-22,24-26,28H2,1-6H3,(H,52,54)(H,55,62)(H,57,63)(H,53,56,60)/t34?,40-,41+,43?/m1/s1. The molecule has 3 aromatic heterocycles. The molecule has 1 spiro atoms. The quantitative estimate of drug-likeness (QED) is 0.0900. The molecule has 2 aliphatic carbocycles. The average molecular weight is 917 g/mol. The number of nitrogens with zero attached hydrogens (tertiary/aromatic N) is 4. The highest BCUT2D eigenvalue weighted by molar-refractivity contribution is 7.19. The minimum atomic E-state index is -0.707. The van der Waals surface area contributed by atoms with Gasteiger partial charge in [-0.05, 0) is 115 Å². The maximum Gasteiger partial charge on any atom is 0.407 e. The third-order valence-corrected chi connectivity index (χ3v) is 16.2. The van der Waals surface area contributed by atoms with Crippen molar-refractivity contribution in [1.29, 1.82) is 0 Å². The molecule has 3 amide bonds. The molecule has 4 atom stereocenters. The molecule has 1 saturated carbocycles. The van der Waals surface area contributed by atoms with Crippen LogP contribution in [0.25, 0.3) is 43.0 Å². The summed E-state index contributed by atoms with van der Waals surface area (Å²) in [4.78, 5) is 75.0. The summed E-state index contributed by atoms with van der Waals surface area (Å²) in [7, 11) is 2.69. The molecular formula is C51H64N8O6S. The molecule has 9 rings (SSSR count). The highest BCUT2D eigenvalue weighted by Crippen LogP contribution is 2.56. The van der Waals surface area contributed by atoms with E-state index < -0.39 is 18.2 Å². The van der Waals surface area contributed by atoms with Crippen molar-refractivity contribution < 1.29 is 23.9 Å². The highest BCUT2D eigenvalue weighted by Gasteiger charge is 2.43. The minimum absolute atomic E-state index is 0.0273. The summed E-state index contributed by atoms with van der Waals surface area (Å²) in [5, 5.41) is 6.28. The van der Waals surface area contributed by atoms with E-state index in [2.05, 4.69) is 69.7 Å². The Morgan fingerprint density at radius 2 is 1.50 bits per heavy atom. The Balaban J connectivity index is 0.950. The lowest BCUT2D eigenvalue weighted by atomic mass is 9.83. The zero-order chi connectivity index (χ0) is 46.3. The number of H-pyrrole nitrogens is 2. The Labute approximate surface area is 390 Å². The molecule has 5 heterocycles. The van der Waals surface area contributed by atoms with E-state index in [-0.39, 0.29) is 41.4 Å². The van der Waals surface area contributed by atoms with Crippen LogP contribution >= 0.6 is 11.3 Å². The van der Waals surface area contributed by atoms with E-state index >= 15 is 0 Å². The second kappa shape index (κ2) is 19.0. The zero-order valence-electron chi connectivity index (χ0n) is 39.1. The maximum atomic E-state index is 13.9. The van der Waals surface area contributed by atoms with E-state index in [1.165, 1.54) is 66.3 Å². The van der Waals surface area contributed by atoms with Gasteiger partial charge in [-0.1, -0.05) is 70.9 Å². The Morgan fingerprint density at radius 1 is 0.833 bits per heavy atom. The Kier molecular flexibility index (Phi) is 13.1. The van der Waals surface area contributed by atoms with Crippen LogP contribution in [0, 0.1) is 17.3 Å². The molecule has 4 N–H and O–H groups in total. The summed E-state index contributed by atoms with van der Waals surface area (Å²) in [5.41, 5.74) is 7.94. The van der Waals surface area contributed by atoms with Gasteiger partial charge in [-0.25, -0.2) is 19.6 Å². The SMILES string of the molecule is COC(=O)NC(C(=O)N1CCCC1Cc1nc2ccc(-c3sc(-c4ccc(-c5cnc([C@@H]6CCCN6C[C@@H](NC(=O)OC)C(C)C)[nH]5)cc4)c4c3CC3(CCCC3)C4)cc2c(=O)[nH]1)C(C)C. The van der Waals surface area contributed by atoms with Crippen LogP contribution in [0.5, 0.6) is 0 Å². The lowest BCUT2D eigenvalue weighted by molar-refractivity contribution is -0.135. The van der Waals surface area contributed by atoms with E-state index in [4.69, 9.17) is 19.4 Å². The van der Waals surface area contributed by atoms with Gasteiger partial charge in [-0.3, -0.25) is 14.5 Å². The molecule has 4 aliphatic rings. The number of aromatic amines is 2. The van der Waals surface area contributed by atoms with Crippen molar-refractivity contribution in [1.82, 2.24) is 40.4 Å². The van der Waals surface area contributed by atoms with Crippen LogP contribution in [-0.2, 0) is 33.5 Å². The van der Waals surface area contributed by atoms with Gasteiger partial charge in [0.05, 0.1) is 43.1 Å². The van der Waals surface area contributed by atoms with Crippen LogP contribution in [0.15, 0.2) is 53.5 Å². The summed E-state index contributed by atoms with van der Waals surface area (Å²) < 4.78 is 9.70. The second-order valence-corrected chi connectivity index (χ2v) is 20.8. The average Bonchev–Trinajstić information content (AvgIpc) is 4.18. The molecule has 2 aliphatic heterocycles. The molecule has 0 bridgehead atoms. The third-order valence-electron chi connectivity index (χ3n) is 14.8. The molecule has 15 heteroatoms. The van der Waals surface area contributed by atoms with Crippen molar-refractivity contribution in [2.45, 2.75) is 122 Å². The smallest absolute Gasteiger partial charge is 0.407 e. The fraction of sp³-hybridized carbons (Fsp3) is 0.529. The van der Waals surface area contributed by atoms with Crippen molar-refractivity contribution in [3.8, 4) is 32.1 Å². The number of benzene rings is 2. The fourth-order valence-corrected chi connectivity index (χ4v) is 12.5. The first-order valence-corrected chi connectivity index (χ1v) is 24.7. The predicted molar refractivity (Wildman–Crippen MR) is 257 cm³/mol. The molecule has 2 unspecified atom stereocenters. The minimum Gasteiger partial charge on any atom is -0.453 e. The van der Waals surface area contributed by atoms with Crippen molar-refractivity contribution in [3.05, 3.63) is 81.8 Å². The summed E-state index contributed by atoms with van der Waals surface area (Å²) >= 11 is 1.83. The third kappa shape index (κ3) is 9.12. The largest absolute Gasteiger partial charge is 0.453 e. The molecule has 5 aromatic rings. The number of carbonyl (C=O) groups is 3. The van der Waals surface area contributed by atoms with Gasteiger partial charge in [-0.15, -0.1) is 11.3 Å². The first-order valence-electron chi connectivity index (χ1n) is 23.9. The summed E-state index contributed by atoms with van der Waals surface area (Å²) in [5.74, 6) is 1.49. The first kappa shape index (κ1) is 45.6. The Morgan fingerprint density at radius 3 is 2.20 bits per heavy atom. The van der Waals surface area contributed by atoms with E-state index in [1.54, 1.807) is 0 Å². The normalized spacial score (nSPS) is 20.1. The highest BCUT2D eigenvalue weighted by atomic mass is 32.1. The van der Waals surface area contributed by atoms with E-state index in [9.17, 15) is 19.2 Å². The van der Waals surface area contributed by atoms with Crippen molar-refractivity contribution in [2.24, 2.45) is 17.3 Å². The first-order chi connectivity index (χ1) is 31.8. The molecule has 2 saturated heterocycles. The van der Waals surface area contributed by atoms with Gasteiger partial charge >= 0.3 is 12.2 Å². The molecule has 3 fully saturated rings. The van der Waals surface area contributed by atoms with E-state index in [0.29, 0.717) is 35.1 Å². The van der Waals surface area contributed by atoms with E-state index in [1.807, 2.05) is 48.4 Å². The summed E-state index contributed by atoms with van der Waals surface area (Å²) in [6.07, 6.45) is 12.2. The molecule has 350 valence electrons. The molecule has 66 heavy (non-hydrogen) atoms. The van der Waals surface area contributed by atoms with Crippen LogP contribution in [0.2, 0.25) is 0 Å². The number of ether oxygens (including phenoxy) is 2. The van der Waals surface area contributed by atoms with Gasteiger partial charge in [-0.2, -0.15) is 0 Å². The summed E-state index contributed by atoms with van der Waals surface area (Å²) in [6, 6.07) is 14.3. The van der Waals surface area contributed by atoms with Crippen LogP contribution in [0.1, 0.15) is 108 Å². The van der Waals surface area contributed by atoms with Crippen molar-refractivity contribution >= 4 is 40.3 Å². The maximum absolute atomic E-state index is 13.9. The number of alkyl carbamates (subject to hydrolysis) is 2. The van der Waals surface area contributed by atoms with Crippen molar-refractivity contribution in [2.75, 3.05) is 33.9 Å².